The van der Waals surface area contributed by atoms with Gasteiger partial charge < -0.3 is 10.1 Å². The van der Waals surface area contributed by atoms with E-state index in [0.717, 1.165) is 10.6 Å². The van der Waals surface area contributed by atoms with Crippen LogP contribution >= 0.6 is 11.8 Å². The van der Waals surface area contributed by atoms with Crippen LogP contribution in [-0.2, 0) is 14.4 Å². The number of carbonyl (C=O) groups is 3. The minimum atomic E-state index is -0.238. The summed E-state index contributed by atoms with van der Waals surface area (Å²) in [7, 11) is 0. The Bertz CT molecular complexity index is 975. The molecule has 1 aliphatic carbocycles. The number of rotatable bonds is 7. The average molecular weight is 437 g/mol. The van der Waals surface area contributed by atoms with Crippen molar-refractivity contribution in [2.75, 3.05) is 22.6 Å². The third-order valence-electron chi connectivity index (χ3n) is 5.42. The fourth-order valence-corrected chi connectivity index (χ4v) is 4.59. The summed E-state index contributed by atoms with van der Waals surface area (Å²) in [5.41, 5.74) is 1.30. The molecule has 0 spiro atoms. The molecule has 4 rings (SSSR count). The molecule has 0 bridgehead atoms. The summed E-state index contributed by atoms with van der Waals surface area (Å²) in [5.74, 6) is 0.198. The van der Waals surface area contributed by atoms with E-state index in [4.69, 9.17) is 4.74 Å². The number of nitrogens with zero attached hydrogens (tertiary/aromatic N) is 1. The molecule has 0 unspecified atom stereocenters. The highest BCUT2D eigenvalue weighted by Crippen LogP contribution is 2.38. The summed E-state index contributed by atoms with van der Waals surface area (Å²) in [6.45, 7) is 2.52. The van der Waals surface area contributed by atoms with E-state index in [1.807, 2.05) is 43.3 Å². The fourth-order valence-electron chi connectivity index (χ4n) is 3.89. The van der Waals surface area contributed by atoms with Crippen molar-refractivity contribution in [1.82, 2.24) is 0 Å². The number of imide groups is 1. The molecule has 1 saturated heterocycles. The minimum Gasteiger partial charge on any atom is -0.494 e. The maximum atomic E-state index is 12.7. The van der Waals surface area contributed by atoms with Gasteiger partial charge >= 0.3 is 0 Å². The Hall–Kier alpha value is -3.06. The molecule has 2 aromatic rings. The lowest BCUT2D eigenvalue weighted by Crippen LogP contribution is -2.30. The highest BCUT2D eigenvalue weighted by molar-refractivity contribution is 8.00. The van der Waals surface area contributed by atoms with E-state index in [1.54, 1.807) is 24.3 Å². The number of nitrogens with one attached hydrogen (secondary N) is 1. The van der Waals surface area contributed by atoms with E-state index in [1.165, 1.54) is 16.7 Å². The zero-order valence-corrected chi connectivity index (χ0v) is 18.1. The summed E-state index contributed by atoms with van der Waals surface area (Å²) in [6, 6.07) is 14.5. The van der Waals surface area contributed by atoms with Gasteiger partial charge in [-0.15, -0.1) is 11.8 Å². The number of hydrogen-bond donors (Lipinski definition) is 1. The second kappa shape index (κ2) is 9.39. The molecule has 0 aromatic heterocycles. The Kier molecular flexibility index (Phi) is 6.42. The second-order valence-electron chi connectivity index (χ2n) is 7.46. The van der Waals surface area contributed by atoms with Gasteiger partial charge in [-0.05, 0) is 68.3 Å². The topological polar surface area (TPSA) is 75.7 Å². The molecule has 1 aliphatic heterocycles. The molecule has 1 fully saturated rings. The van der Waals surface area contributed by atoms with E-state index in [-0.39, 0.29) is 35.3 Å². The lowest BCUT2D eigenvalue weighted by atomic mass is 9.85. The first kappa shape index (κ1) is 21.2. The van der Waals surface area contributed by atoms with Crippen LogP contribution in [0.5, 0.6) is 5.75 Å². The maximum Gasteiger partial charge on any atom is 0.238 e. The van der Waals surface area contributed by atoms with Gasteiger partial charge in [0.2, 0.25) is 17.7 Å². The van der Waals surface area contributed by atoms with Crippen molar-refractivity contribution in [3.05, 3.63) is 60.7 Å². The number of anilines is 2. The van der Waals surface area contributed by atoms with Gasteiger partial charge in [-0.3, -0.25) is 19.3 Å². The van der Waals surface area contributed by atoms with Gasteiger partial charge in [0, 0.05) is 10.6 Å². The van der Waals surface area contributed by atoms with Crippen molar-refractivity contribution < 1.29 is 19.1 Å². The average Bonchev–Trinajstić information content (AvgIpc) is 3.05. The van der Waals surface area contributed by atoms with E-state index in [2.05, 4.69) is 5.32 Å². The molecule has 31 heavy (non-hydrogen) atoms. The van der Waals surface area contributed by atoms with Crippen LogP contribution < -0.4 is 15.0 Å². The predicted octanol–water partition coefficient (Wildman–Crippen LogP) is 4.27. The van der Waals surface area contributed by atoms with Crippen LogP contribution in [-0.4, -0.2) is 30.1 Å². The molecule has 2 aromatic carbocycles. The van der Waals surface area contributed by atoms with Gasteiger partial charge in [-0.25, -0.2) is 0 Å². The lowest BCUT2D eigenvalue weighted by Gasteiger charge is -2.15. The number of hydrogen-bond acceptors (Lipinski definition) is 5. The summed E-state index contributed by atoms with van der Waals surface area (Å²) in [6.07, 6.45) is 5.22. The van der Waals surface area contributed by atoms with Crippen LogP contribution in [0.15, 0.2) is 65.6 Å². The summed E-state index contributed by atoms with van der Waals surface area (Å²) in [4.78, 5) is 39.8. The molecule has 2 atom stereocenters. The third kappa shape index (κ3) is 4.66. The van der Waals surface area contributed by atoms with Gasteiger partial charge in [0.1, 0.15) is 5.75 Å². The Balaban J connectivity index is 1.32. The van der Waals surface area contributed by atoms with Gasteiger partial charge in [-0.1, -0.05) is 12.2 Å². The molecule has 3 amide bonds. The molecule has 7 heteroatoms. The fraction of sp³-hybridized carbons (Fsp3) is 0.292. The monoisotopic (exact) mass is 436 g/mol. The first-order chi connectivity index (χ1) is 15.1. The van der Waals surface area contributed by atoms with Crippen LogP contribution in [0.1, 0.15) is 19.8 Å². The van der Waals surface area contributed by atoms with Crippen molar-refractivity contribution in [3.8, 4) is 5.75 Å². The van der Waals surface area contributed by atoms with Crippen LogP contribution in [0.2, 0.25) is 0 Å². The number of benzene rings is 2. The number of allylic oxidation sites excluding steroid dienone is 2. The van der Waals surface area contributed by atoms with E-state index in [9.17, 15) is 14.4 Å². The Labute approximate surface area is 185 Å². The maximum absolute atomic E-state index is 12.7. The van der Waals surface area contributed by atoms with Crippen molar-refractivity contribution in [1.29, 1.82) is 0 Å². The molecule has 160 valence electrons. The highest BCUT2D eigenvalue weighted by atomic mass is 32.2. The zero-order chi connectivity index (χ0) is 21.8. The van der Waals surface area contributed by atoms with Crippen LogP contribution in [0.25, 0.3) is 0 Å². The first-order valence-electron chi connectivity index (χ1n) is 10.3. The third-order valence-corrected chi connectivity index (χ3v) is 6.43. The quantitative estimate of drug-likeness (QED) is 0.399. The second-order valence-corrected chi connectivity index (χ2v) is 8.50. The van der Waals surface area contributed by atoms with Crippen molar-refractivity contribution in [3.63, 3.8) is 0 Å². The molecule has 0 saturated carbocycles. The highest BCUT2D eigenvalue weighted by Gasteiger charge is 2.47. The summed E-state index contributed by atoms with van der Waals surface area (Å²) < 4.78 is 5.39. The van der Waals surface area contributed by atoms with E-state index < -0.39 is 0 Å². The van der Waals surface area contributed by atoms with Gasteiger partial charge in [0.25, 0.3) is 0 Å². The SMILES string of the molecule is CCOc1ccc(NC(=O)CSc2ccc(N3C(=O)[C@H]4CC=CC[C@H]4C3=O)cc2)cc1. The van der Waals surface area contributed by atoms with Crippen molar-refractivity contribution >= 4 is 40.9 Å². The standard InChI is InChI=1S/C24H24N2O4S/c1-2-30-18-11-7-16(8-12-18)25-22(27)15-31-19-13-9-17(10-14-19)26-23(28)20-5-3-4-6-21(20)24(26)29/h3-4,7-14,20-21H,2,5-6,15H2,1H3,(H,25,27)/t20-,21+. The zero-order valence-electron chi connectivity index (χ0n) is 17.2. The largest absolute Gasteiger partial charge is 0.494 e. The van der Waals surface area contributed by atoms with Crippen LogP contribution in [0.4, 0.5) is 11.4 Å². The van der Waals surface area contributed by atoms with Gasteiger partial charge in [0.15, 0.2) is 0 Å². The number of fused-ring (bicyclic) bond motifs is 1. The first-order valence-corrected chi connectivity index (χ1v) is 11.3. The minimum absolute atomic E-state index is 0.111. The Morgan fingerprint density at radius 3 is 2.19 bits per heavy atom. The molecule has 1 heterocycles. The summed E-state index contributed by atoms with van der Waals surface area (Å²) in [5, 5.41) is 2.86. The normalized spacial score (nSPS) is 20.0. The molecule has 6 nitrogen and oxygen atoms in total. The molecular weight excluding hydrogens is 412 g/mol. The number of carbonyl (C=O) groups excluding carboxylic acids is 3. The summed E-state index contributed by atoms with van der Waals surface area (Å²) >= 11 is 1.40. The number of ether oxygens (including phenoxy) is 1. The van der Waals surface area contributed by atoms with Gasteiger partial charge in [0.05, 0.1) is 29.9 Å². The molecule has 1 N–H and O–H groups in total. The van der Waals surface area contributed by atoms with Crippen molar-refractivity contribution in [2.45, 2.75) is 24.7 Å². The molecule has 0 radical (unpaired) electrons. The smallest absolute Gasteiger partial charge is 0.238 e. The number of thioether (sulfide) groups is 1. The van der Waals surface area contributed by atoms with E-state index in [0.29, 0.717) is 30.8 Å². The Morgan fingerprint density at radius 1 is 1.00 bits per heavy atom. The van der Waals surface area contributed by atoms with Crippen LogP contribution in [0, 0.1) is 11.8 Å². The van der Waals surface area contributed by atoms with Crippen LogP contribution in [0.3, 0.4) is 0 Å². The van der Waals surface area contributed by atoms with E-state index >= 15 is 0 Å². The predicted molar refractivity (Wildman–Crippen MR) is 121 cm³/mol. The molecule has 2 aliphatic rings. The molecular formula is C24H24N2O4S. The van der Waals surface area contributed by atoms with Gasteiger partial charge in [-0.2, -0.15) is 0 Å². The number of amides is 3. The lowest BCUT2D eigenvalue weighted by molar-refractivity contribution is -0.122. The Morgan fingerprint density at radius 2 is 1.61 bits per heavy atom. The van der Waals surface area contributed by atoms with Crippen molar-refractivity contribution in [2.24, 2.45) is 11.8 Å².